The molecule has 24 heavy (non-hydrogen) atoms. The van der Waals surface area contributed by atoms with Gasteiger partial charge in [0.05, 0.1) is 17.9 Å². The highest BCUT2D eigenvalue weighted by Gasteiger charge is 2.32. The molecule has 8 heteroatoms. The third-order valence-corrected chi connectivity index (χ3v) is 3.87. The van der Waals surface area contributed by atoms with E-state index in [9.17, 15) is 9.59 Å². The number of hydrogen-bond donors (Lipinski definition) is 1. The van der Waals surface area contributed by atoms with Gasteiger partial charge in [-0.25, -0.2) is 9.59 Å². The lowest BCUT2D eigenvalue weighted by Crippen LogP contribution is -2.50. The molecule has 1 N–H and O–H groups in total. The molecule has 1 rings (SSSR count). The molecule has 0 aliphatic heterocycles. The molecule has 7 nitrogen and oxygen atoms in total. The van der Waals surface area contributed by atoms with E-state index < -0.39 is 17.7 Å². The van der Waals surface area contributed by atoms with Crippen LogP contribution >= 0.6 is 11.6 Å². The Labute approximate surface area is 146 Å². The largest absolute Gasteiger partial charge is 0.450 e. The first-order valence-electron chi connectivity index (χ1n) is 7.37. The maximum absolute atomic E-state index is 11.8. The first-order valence-corrected chi connectivity index (χ1v) is 7.75. The van der Waals surface area contributed by atoms with Crippen molar-refractivity contribution in [3.8, 4) is 0 Å². The van der Waals surface area contributed by atoms with Gasteiger partial charge in [0.2, 0.25) is 0 Å². The Balaban J connectivity index is 2.68. The molecule has 1 aromatic rings. The van der Waals surface area contributed by atoms with E-state index in [0.717, 1.165) is 0 Å². The van der Waals surface area contributed by atoms with Crippen molar-refractivity contribution >= 4 is 35.2 Å². The lowest BCUT2D eigenvalue weighted by molar-refractivity contribution is 0.0955. The van der Waals surface area contributed by atoms with Crippen molar-refractivity contribution in [1.82, 2.24) is 4.90 Å². The minimum Gasteiger partial charge on any atom is -0.450 e. The van der Waals surface area contributed by atoms with Crippen LogP contribution in [0, 0.1) is 0 Å². The Kier molecular flexibility index (Phi) is 7.03. The molecule has 0 atom stereocenters. The predicted molar refractivity (Wildman–Crippen MR) is 93.5 cm³/mol. The van der Waals surface area contributed by atoms with Crippen LogP contribution in [-0.4, -0.2) is 42.0 Å². The molecule has 1 aromatic carbocycles. The third kappa shape index (κ3) is 5.42. The van der Waals surface area contributed by atoms with Gasteiger partial charge in [0.25, 0.3) is 0 Å². The van der Waals surface area contributed by atoms with Crippen LogP contribution in [0.4, 0.5) is 15.3 Å². The van der Waals surface area contributed by atoms with Crippen LogP contribution in [0.3, 0.4) is 0 Å². The van der Waals surface area contributed by atoms with E-state index in [0.29, 0.717) is 16.4 Å². The van der Waals surface area contributed by atoms with Gasteiger partial charge < -0.3 is 9.64 Å². The van der Waals surface area contributed by atoms with Gasteiger partial charge in [0.1, 0.15) is 0 Å². The van der Waals surface area contributed by atoms with Crippen LogP contribution in [0.5, 0.6) is 0 Å². The quantitative estimate of drug-likeness (QED) is 0.489. The zero-order valence-corrected chi connectivity index (χ0v) is 15.2. The second-order valence-electron chi connectivity index (χ2n) is 5.50. The average Bonchev–Trinajstić information content (AvgIpc) is 2.54. The Morgan fingerprint density at radius 1 is 1.29 bits per heavy atom. The van der Waals surface area contributed by atoms with E-state index in [2.05, 4.69) is 10.5 Å². The summed E-state index contributed by atoms with van der Waals surface area (Å²) in [5, 5.41) is 6.88. The molecule has 132 valence electrons. The molecule has 0 spiro atoms. The van der Waals surface area contributed by atoms with Gasteiger partial charge in [0, 0.05) is 17.8 Å². The molecule has 0 unspecified atom stereocenters. The second-order valence-corrected chi connectivity index (χ2v) is 5.94. The molecular weight excluding hydrogens is 334 g/mol. The van der Waals surface area contributed by atoms with Crippen molar-refractivity contribution in [2.75, 3.05) is 19.0 Å². The summed E-state index contributed by atoms with van der Waals surface area (Å²) >= 11 is 5.77. The SMILES string of the molecule is CCOC(=O)N(C)C(C)(C)/C(C)=N/OC(=O)Nc1ccc(Cl)cc1. The molecule has 0 heterocycles. The van der Waals surface area contributed by atoms with Crippen molar-refractivity contribution in [3.05, 3.63) is 29.3 Å². The number of carbonyl (C=O) groups excluding carboxylic acids is 2. The number of carbonyl (C=O) groups is 2. The molecule has 0 aliphatic rings. The van der Waals surface area contributed by atoms with E-state index in [4.69, 9.17) is 21.2 Å². The minimum atomic E-state index is -0.785. The van der Waals surface area contributed by atoms with E-state index in [-0.39, 0.29) is 6.61 Å². The number of hydrogen-bond acceptors (Lipinski definition) is 5. The molecule has 2 amide bonds. The predicted octanol–water partition coefficient (Wildman–Crippen LogP) is 4.13. The highest BCUT2D eigenvalue weighted by Crippen LogP contribution is 2.17. The number of nitrogens with one attached hydrogen (secondary N) is 1. The zero-order chi connectivity index (χ0) is 18.3. The van der Waals surface area contributed by atoms with Crippen molar-refractivity contribution in [3.63, 3.8) is 0 Å². The molecular formula is C16H22ClN3O4. The van der Waals surface area contributed by atoms with Crippen LogP contribution < -0.4 is 5.32 Å². The van der Waals surface area contributed by atoms with E-state index in [1.165, 1.54) is 4.90 Å². The van der Waals surface area contributed by atoms with Crippen molar-refractivity contribution in [1.29, 1.82) is 0 Å². The van der Waals surface area contributed by atoms with Crippen molar-refractivity contribution in [2.24, 2.45) is 5.16 Å². The number of rotatable bonds is 5. The summed E-state index contributed by atoms with van der Waals surface area (Å²) in [7, 11) is 1.59. The maximum Gasteiger partial charge on any atom is 0.437 e. The Morgan fingerprint density at radius 3 is 2.42 bits per heavy atom. The summed E-state index contributed by atoms with van der Waals surface area (Å²) in [6, 6.07) is 6.56. The fraction of sp³-hybridized carbons (Fsp3) is 0.438. The molecule has 0 saturated heterocycles. The zero-order valence-electron chi connectivity index (χ0n) is 14.4. The number of benzene rings is 1. The maximum atomic E-state index is 11.8. The lowest BCUT2D eigenvalue weighted by atomic mass is 9.98. The number of ether oxygens (including phenoxy) is 1. The van der Waals surface area contributed by atoms with Gasteiger partial charge in [-0.3, -0.25) is 10.2 Å². The minimum absolute atomic E-state index is 0.273. The summed E-state index contributed by atoms with van der Waals surface area (Å²) in [6.45, 7) is 7.19. The highest BCUT2D eigenvalue weighted by molar-refractivity contribution is 6.30. The van der Waals surface area contributed by atoms with Crippen LogP contribution in [0.2, 0.25) is 5.02 Å². The summed E-state index contributed by atoms with van der Waals surface area (Å²) < 4.78 is 4.96. The molecule has 0 fully saturated rings. The van der Waals surface area contributed by atoms with Gasteiger partial charge >= 0.3 is 12.2 Å². The van der Waals surface area contributed by atoms with Gasteiger partial charge in [-0.15, -0.1) is 0 Å². The highest BCUT2D eigenvalue weighted by atomic mass is 35.5. The monoisotopic (exact) mass is 355 g/mol. The number of anilines is 1. The number of oxime groups is 1. The molecule has 0 radical (unpaired) electrons. The summed E-state index contributed by atoms with van der Waals surface area (Å²) in [5.74, 6) is 0. The third-order valence-electron chi connectivity index (χ3n) is 3.62. The summed E-state index contributed by atoms with van der Waals surface area (Å²) in [6.07, 6.45) is -1.23. The fourth-order valence-electron chi connectivity index (χ4n) is 1.59. The summed E-state index contributed by atoms with van der Waals surface area (Å²) in [4.78, 5) is 29.8. The molecule has 0 aliphatic carbocycles. The van der Waals surface area contributed by atoms with Crippen LogP contribution in [0.1, 0.15) is 27.7 Å². The Morgan fingerprint density at radius 2 is 1.88 bits per heavy atom. The van der Waals surface area contributed by atoms with E-state index >= 15 is 0 Å². The normalized spacial score (nSPS) is 11.7. The lowest BCUT2D eigenvalue weighted by Gasteiger charge is -2.34. The topological polar surface area (TPSA) is 80.2 Å². The van der Waals surface area contributed by atoms with Crippen molar-refractivity contribution in [2.45, 2.75) is 33.2 Å². The molecule has 0 bridgehead atoms. The first kappa shape index (κ1) is 19.8. The van der Waals surface area contributed by atoms with Gasteiger partial charge in [0.15, 0.2) is 0 Å². The van der Waals surface area contributed by atoms with Gasteiger partial charge in [-0.05, 0) is 52.0 Å². The van der Waals surface area contributed by atoms with Crippen LogP contribution in [-0.2, 0) is 9.57 Å². The number of halogens is 1. The molecule has 0 aromatic heterocycles. The van der Waals surface area contributed by atoms with Crippen LogP contribution in [0.15, 0.2) is 29.4 Å². The van der Waals surface area contributed by atoms with Gasteiger partial charge in [-0.2, -0.15) is 0 Å². The molecule has 0 saturated carbocycles. The Bertz CT molecular complexity index is 614. The van der Waals surface area contributed by atoms with Crippen LogP contribution in [0.25, 0.3) is 0 Å². The second kappa shape index (κ2) is 8.54. The first-order chi connectivity index (χ1) is 11.2. The van der Waals surface area contributed by atoms with E-state index in [1.54, 1.807) is 59.0 Å². The Hall–Kier alpha value is -2.28. The standard InChI is InChI=1S/C16H22ClN3O4/c1-6-23-15(22)20(5)16(3,4)11(2)19-24-14(21)18-13-9-7-12(17)8-10-13/h7-10H,6H2,1-5H3,(H,18,21)/b19-11+. The average molecular weight is 356 g/mol. The summed E-state index contributed by atoms with van der Waals surface area (Å²) in [5.41, 5.74) is 0.178. The fourth-order valence-corrected chi connectivity index (χ4v) is 1.71. The van der Waals surface area contributed by atoms with Crippen molar-refractivity contribution < 1.29 is 19.2 Å². The smallest absolute Gasteiger partial charge is 0.437 e. The number of nitrogens with zero attached hydrogens (tertiary/aromatic N) is 2. The van der Waals surface area contributed by atoms with Gasteiger partial charge in [-0.1, -0.05) is 16.8 Å². The van der Waals surface area contributed by atoms with E-state index in [1.807, 2.05) is 0 Å². The number of amides is 2.